The molecule has 0 saturated heterocycles. The molecule has 1 atom stereocenters. The fourth-order valence-electron chi connectivity index (χ4n) is 1.86. The van der Waals surface area contributed by atoms with E-state index in [2.05, 4.69) is 21.2 Å². The Hall–Kier alpha value is -1.33. The van der Waals surface area contributed by atoms with Crippen LogP contribution in [0.1, 0.15) is 23.4 Å². The van der Waals surface area contributed by atoms with Crippen molar-refractivity contribution in [3.63, 3.8) is 0 Å². The van der Waals surface area contributed by atoms with Crippen LogP contribution in [0.25, 0.3) is 0 Å². The van der Waals surface area contributed by atoms with E-state index in [0.29, 0.717) is 6.61 Å². The third-order valence-corrected chi connectivity index (χ3v) is 4.42. The highest BCUT2D eigenvalue weighted by molar-refractivity contribution is 9.11. The standard InChI is InChI=1S/C15H16BrNO2S/c1-3-19-15(18)14(12-7-8-13(16)20-12)17-11-6-4-5-10(2)9-11/h4-9,14,17H,3H2,1-2H3. The second-order valence-corrected chi connectivity index (χ2v) is 6.84. The molecule has 0 bridgehead atoms. The highest BCUT2D eigenvalue weighted by Crippen LogP contribution is 2.30. The molecular weight excluding hydrogens is 338 g/mol. The molecule has 3 nitrogen and oxygen atoms in total. The Labute approximate surface area is 131 Å². The van der Waals surface area contributed by atoms with E-state index < -0.39 is 6.04 Å². The third-order valence-electron chi connectivity index (χ3n) is 2.73. The van der Waals surface area contributed by atoms with E-state index in [1.54, 1.807) is 0 Å². The van der Waals surface area contributed by atoms with Crippen LogP contribution in [-0.2, 0) is 9.53 Å². The maximum Gasteiger partial charge on any atom is 0.334 e. The Bertz CT molecular complexity index is 597. The largest absolute Gasteiger partial charge is 0.464 e. The fraction of sp³-hybridized carbons (Fsp3) is 0.267. The van der Waals surface area contributed by atoms with Gasteiger partial charge in [0.1, 0.15) is 0 Å². The predicted octanol–water partition coefficient (Wildman–Crippen LogP) is 4.54. The minimum atomic E-state index is -0.479. The zero-order chi connectivity index (χ0) is 14.5. The van der Waals surface area contributed by atoms with Gasteiger partial charge in [-0.15, -0.1) is 11.3 Å². The first-order chi connectivity index (χ1) is 9.60. The summed E-state index contributed by atoms with van der Waals surface area (Å²) < 4.78 is 6.15. The molecule has 1 aromatic carbocycles. The van der Waals surface area contributed by atoms with Gasteiger partial charge < -0.3 is 10.1 Å². The summed E-state index contributed by atoms with van der Waals surface area (Å²) in [6.45, 7) is 4.20. The van der Waals surface area contributed by atoms with Gasteiger partial charge in [-0.3, -0.25) is 0 Å². The fourth-order valence-corrected chi connectivity index (χ4v) is 3.32. The van der Waals surface area contributed by atoms with Crippen LogP contribution in [0.15, 0.2) is 40.2 Å². The third kappa shape index (κ3) is 3.84. The van der Waals surface area contributed by atoms with Crippen molar-refractivity contribution in [2.45, 2.75) is 19.9 Å². The molecule has 20 heavy (non-hydrogen) atoms. The van der Waals surface area contributed by atoms with E-state index in [4.69, 9.17) is 4.74 Å². The minimum absolute atomic E-state index is 0.261. The van der Waals surface area contributed by atoms with Crippen molar-refractivity contribution >= 4 is 38.9 Å². The number of hydrogen-bond acceptors (Lipinski definition) is 4. The number of anilines is 1. The molecule has 0 aliphatic carbocycles. The van der Waals surface area contributed by atoms with Gasteiger partial charge >= 0.3 is 5.97 Å². The zero-order valence-electron chi connectivity index (χ0n) is 11.4. The number of nitrogens with one attached hydrogen (secondary N) is 1. The van der Waals surface area contributed by atoms with Gasteiger partial charge in [-0.25, -0.2) is 4.79 Å². The van der Waals surface area contributed by atoms with Gasteiger partial charge in [0.2, 0.25) is 0 Å². The lowest BCUT2D eigenvalue weighted by Crippen LogP contribution is -2.22. The number of ether oxygens (including phenoxy) is 1. The second kappa shape index (κ2) is 6.90. The van der Waals surface area contributed by atoms with E-state index in [0.717, 1.165) is 19.9 Å². The van der Waals surface area contributed by atoms with Crippen molar-refractivity contribution in [2.75, 3.05) is 11.9 Å². The van der Waals surface area contributed by atoms with Gasteiger partial charge in [0.15, 0.2) is 6.04 Å². The predicted molar refractivity (Wildman–Crippen MR) is 86.2 cm³/mol. The summed E-state index contributed by atoms with van der Waals surface area (Å²) in [5.41, 5.74) is 2.05. The number of esters is 1. The Morgan fingerprint density at radius 3 is 2.80 bits per heavy atom. The highest BCUT2D eigenvalue weighted by atomic mass is 79.9. The van der Waals surface area contributed by atoms with Crippen molar-refractivity contribution in [3.05, 3.63) is 50.6 Å². The molecule has 0 spiro atoms. The summed E-state index contributed by atoms with van der Waals surface area (Å²) in [5, 5.41) is 3.25. The molecule has 2 aromatic rings. The molecule has 1 aromatic heterocycles. The summed E-state index contributed by atoms with van der Waals surface area (Å²) in [5.74, 6) is -0.261. The van der Waals surface area contributed by atoms with E-state index in [1.807, 2.05) is 50.2 Å². The molecule has 5 heteroatoms. The maximum absolute atomic E-state index is 12.1. The quantitative estimate of drug-likeness (QED) is 0.802. The van der Waals surface area contributed by atoms with E-state index in [1.165, 1.54) is 11.3 Å². The monoisotopic (exact) mass is 353 g/mol. The number of carbonyl (C=O) groups excluding carboxylic acids is 1. The van der Waals surface area contributed by atoms with Gasteiger partial charge in [0, 0.05) is 10.6 Å². The number of carbonyl (C=O) groups is 1. The Morgan fingerprint density at radius 1 is 1.40 bits per heavy atom. The van der Waals surface area contributed by atoms with Crippen LogP contribution in [0.2, 0.25) is 0 Å². The number of rotatable bonds is 5. The lowest BCUT2D eigenvalue weighted by Gasteiger charge is -2.17. The topological polar surface area (TPSA) is 38.3 Å². The Kier molecular flexibility index (Phi) is 5.20. The van der Waals surface area contributed by atoms with Crippen LogP contribution in [0.4, 0.5) is 5.69 Å². The summed E-state index contributed by atoms with van der Waals surface area (Å²) in [6, 6.07) is 11.3. The first-order valence-corrected chi connectivity index (χ1v) is 7.96. The lowest BCUT2D eigenvalue weighted by molar-refractivity contribution is -0.144. The Balaban J connectivity index is 2.25. The summed E-state index contributed by atoms with van der Waals surface area (Å²) in [7, 11) is 0. The molecule has 1 heterocycles. The Morgan fingerprint density at radius 2 is 2.20 bits per heavy atom. The molecular formula is C15H16BrNO2S. The lowest BCUT2D eigenvalue weighted by atomic mass is 10.2. The molecule has 0 radical (unpaired) electrons. The highest BCUT2D eigenvalue weighted by Gasteiger charge is 2.23. The van der Waals surface area contributed by atoms with Crippen molar-refractivity contribution in [1.82, 2.24) is 0 Å². The molecule has 0 fully saturated rings. The van der Waals surface area contributed by atoms with Crippen LogP contribution in [0.5, 0.6) is 0 Å². The summed E-state index contributed by atoms with van der Waals surface area (Å²) in [6.07, 6.45) is 0. The van der Waals surface area contributed by atoms with Crippen LogP contribution in [0.3, 0.4) is 0 Å². The first kappa shape index (κ1) is 15.1. The first-order valence-electron chi connectivity index (χ1n) is 6.35. The molecule has 0 amide bonds. The average molecular weight is 354 g/mol. The van der Waals surface area contributed by atoms with Crippen molar-refractivity contribution in [1.29, 1.82) is 0 Å². The van der Waals surface area contributed by atoms with Crippen LogP contribution in [0, 0.1) is 6.92 Å². The zero-order valence-corrected chi connectivity index (χ0v) is 13.8. The normalized spacial score (nSPS) is 11.9. The van der Waals surface area contributed by atoms with Crippen LogP contribution < -0.4 is 5.32 Å². The molecule has 2 rings (SSSR count). The van der Waals surface area contributed by atoms with Gasteiger partial charge in [-0.2, -0.15) is 0 Å². The van der Waals surface area contributed by atoms with Gasteiger partial charge in [-0.05, 0) is 59.6 Å². The minimum Gasteiger partial charge on any atom is -0.464 e. The van der Waals surface area contributed by atoms with Crippen LogP contribution >= 0.6 is 27.3 Å². The molecule has 0 saturated carbocycles. The molecule has 1 unspecified atom stereocenters. The second-order valence-electron chi connectivity index (χ2n) is 4.34. The number of aryl methyl sites for hydroxylation is 1. The van der Waals surface area contributed by atoms with Crippen molar-refractivity contribution < 1.29 is 9.53 Å². The van der Waals surface area contributed by atoms with Gasteiger partial charge in [0.05, 0.1) is 10.4 Å². The van der Waals surface area contributed by atoms with E-state index in [9.17, 15) is 4.79 Å². The van der Waals surface area contributed by atoms with Crippen LogP contribution in [-0.4, -0.2) is 12.6 Å². The van der Waals surface area contributed by atoms with E-state index >= 15 is 0 Å². The number of halogens is 1. The van der Waals surface area contributed by atoms with Gasteiger partial charge in [-0.1, -0.05) is 12.1 Å². The summed E-state index contributed by atoms with van der Waals surface area (Å²) >= 11 is 4.95. The van der Waals surface area contributed by atoms with Crippen molar-refractivity contribution in [2.24, 2.45) is 0 Å². The molecule has 1 N–H and O–H groups in total. The van der Waals surface area contributed by atoms with Crippen molar-refractivity contribution in [3.8, 4) is 0 Å². The summed E-state index contributed by atoms with van der Waals surface area (Å²) in [4.78, 5) is 13.1. The SMILES string of the molecule is CCOC(=O)C(Nc1cccc(C)c1)c1ccc(Br)s1. The van der Waals surface area contributed by atoms with Gasteiger partial charge in [0.25, 0.3) is 0 Å². The van der Waals surface area contributed by atoms with E-state index in [-0.39, 0.29) is 5.97 Å². The number of thiophene rings is 1. The number of hydrogen-bond donors (Lipinski definition) is 1. The average Bonchev–Trinajstić information content (AvgIpc) is 2.83. The molecule has 106 valence electrons. The smallest absolute Gasteiger partial charge is 0.334 e. The number of benzene rings is 1. The maximum atomic E-state index is 12.1. The molecule has 0 aliphatic rings. The molecule has 0 aliphatic heterocycles.